The molecule has 0 aromatic carbocycles. The van der Waals surface area contributed by atoms with Crippen LogP contribution in [0, 0.1) is 0 Å². The first-order valence-electron chi connectivity index (χ1n) is 8.56. The SMILES string of the molecule is CCCCCN(B1OC(C)(C)C(C)(C)O1)C(=O)[C@H]1CCCO1. The lowest BCUT2D eigenvalue weighted by atomic mass is 9.90. The number of amides is 1. The number of carbonyl (C=O) groups excluding carboxylic acids is 1. The Morgan fingerprint density at radius 1 is 1.18 bits per heavy atom. The first-order chi connectivity index (χ1) is 10.3. The van der Waals surface area contributed by atoms with E-state index in [1.165, 1.54) is 0 Å². The van der Waals surface area contributed by atoms with Crippen molar-refractivity contribution in [1.82, 2.24) is 4.81 Å². The Balaban J connectivity index is 2.09. The molecule has 22 heavy (non-hydrogen) atoms. The van der Waals surface area contributed by atoms with Gasteiger partial charge in [0.1, 0.15) is 6.10 Å². The largest absolute Gasteiger partial charge is 0.596 e. The van der Waals surface area contributed by atoms with Gasteiger partial charge in [-0.05, 0) is 47.0 Å². The van der Waals surface area contributed by atoms with E-state index in [0.717, 1.165) is 32.1 Å². The van der Waals surface area contributed by atoms with Gasteiger partial charge in [-0.25, -0.2) is 0 Å². The summed E-state index contributed by atoms with van der Waals surface area (Å²) >= 11 is 0. The van der Waals surface area contributed by atoms with Gasteiger partial charge in [0.25, 0.3) is 0 Å². The fourth-order valence-corrected chi connectivity index (χ4v) is 2.75. The summed E-state index contributed by atoms with van der Waals surface area (Å²) in [5.74, 6) is 0.00658. The average Bonchev–Trinajstić information content (AvgIpc) is 3.01. The second kappa shape index (κ2) is 6.89. The number of ether oxygens (including phenoxy) is 1. The molecule has 2 fully saturated rings. The number of hydrogen-bond donors (Lipinski definition) is 0. The molecule has 2 rings (SSSR count). The van der Waals surface area contributed by atoms with Crippen LogP contribution in [-0.2, 0) is 18.8 Å². The highest BCUT2D eigenvalue weighted by molar-refractivity contribution is 6.46. The van der Waals surface area contributed by atoms with Gasteiger partial charge >= 0.3 is 7.25 Å². The molecule has 2 heterocycles. The summed E-state index contributed by atoms with van der Waals surface area (Å²) in [6, 6.07) is 0. The van der Waals surface area contributed by atoms with Crippen LogP contribution in [0.15, 0.2) is 0 Å². The molecule has 0 saturated carbocycles. The molecule has 0 aromatic rings. The monoisotopic (exact) mass is 311 g/mol. The third kappa shape index (κ3) is 3.66. The normalized spacial score (nSPS) is 26.4. The maximum atomic E-state index is 12.8. The highest BCUT2D eigenvalue weighted by Gasteiger charge is 2.55. The zero-order valence-electron chi connectivity index (χ0n) is 14.7. The van der Waals surface area contributed by atoms with E-state index < -0.39 is 18.5 Å². The summed E-state index contributed by atoms with van der Waals surface area (Å²) in [6.45, 7) is 11.5. The van der Waals surface area contributed by atoms with Crippen molar-refractivity contribution in [3.05, 3.63) is 0 Å². The van der Waals surface area contributed by atoms with E-state index in [9.17, 15) is 4.79 Å². The smallest absolute Gasteiger partial charge is 0.384 e. The lowest BCUT2D eigenvalue weighted by Gasteiger charge is -2.32. The molecule has 0 bridgehead atoms. The van der Waals surface area contributed by atoms with Crippen molar-refractivity contribution in [2.24, 2.45) is 0 Å². The molecule has 0 unspecified atom stereocenters. The molecule has 5 nitrogen and oxygen atoms in total. The molecule has 1 atom stereocenters. The number of carbonyl (C=O) groups is 1. The first-order valence-corrected chi connectivity index (χ1v) is 8.56. The number of nitrogens with zero attached hydrogens (tertiary/aromatic N) is 1. The quantitative estimate of drug-likeness (QED) is 0.559. The van der Waals surface area contributed by atoms with Gasteiger partial charge in [0.05, 0.1) is 11.2 Å². The molecule has 0 aliphatic carbocycles. The van der Waals surface area contributed by atoms with Gasteiger partial charge in [0, 0.05) is 13.2 Å². The van der Waals surface area contributed by atoms with Gasteiger partial charge < -0.3 is 18.9 Å². The summed E-state index contributed by atoms with van der Waals surface area (Å²) in [7, 11) is -0.612. The molecule has 2 aliphatic heterocycles. The molecule has 0 spiro atoms. The minimum Gasteiger partial charge on any atom is -0.384 e. The van der Waals surface area contributed by atoms with Crippen LogP contribution < -0.4 is 0 Å². The van der Waals surface area contributed by atoms with Crippen LogP contribution in [0.2, 0.25) is 0 Å². The average molecular weight is 311 g/mol. The van der Waals surface area contributed by atoms with Crippen molar-refractivity contribution >= 4 is 13.2 Å². The molecule has 6 heteroatoms. The third-order valence-corrected chi connectivity index (χ3v) is 4.99. The Kier molecular flexibility index (Phi) is 5.56. The maximum Gasteiger partial charge on any atom is 0.596 e. The molecular formula is C16H30BNO4. The van der Waals surface area contributed by atoms with Gasteiger partial charge in [-0.1, -0.05) is 19.8 Å². The molecule has 0 radical (unpaired) electrons. The minimum atomic E-state index is -0.612. The topological polar surface area (TPSA) is 48.0 Å². The van der Waals surface area contributed by atoms with E-state index in [0.29, 0.717) is 13.2 Å². The fraction of sp³-hybridized carbons (Fsp3) is 0.938. The summed E-state index contributed by atoms with van der Waals surface area (Å²) in [5, 5.41) is 0. The van der Waals surface area contributed by atoms with Crippen molar-refractivity contribution in [3.8, 4) is 0 Å². The predicted molar refractivity (Wildman–Crippen MR) is 86.3 cm³/mol. The molecular weight excluding hydrogens is 281 g/mol. The highest BCUT2D eigenvalue weighted by Crippen LogP contribution is 2.38. The second-order valence-electron chi connectivity index (χ2n) is 7.30. The Morgan fingerprint density at radius 2 is 1.82 bits per heavy atom. The van der Waals surface area contributed by atoms with Crippen LogP contribution in [0.1, 0.15) is 66.7 Å². The van der Waals surface area contributed by atoms with Crippen LogP contribution in [0.4, 0.5) is 0 Å². The van der Waals surface area contributed by atoms with Crippen LogP contribution in [-0.4, -0.2) is 48.4 Å². The zero-order chi connectivity index (χ0) is 16.4. The molecule has 0 N–H and O–H groups in total. The molecule has 1 amide bonds. The van der Waals surface area contributed by atoms with E-state index >= 15 is 0 Å². The Labute approximate surface area is 134 Å². The molecule has 0 aromatic heterocycles. The van der Waals surface area contributed by atoms with Crippen molar-refractivity contribution in [1.29, 1.82) is 0 Å². The summed E-state index contributed by atoms with van der Waals surface area (Å²) in [5.41, 5.74) is -0.866. The standard InChI is InChI=1S/C16H30BNO4/c1-6-7-8-11-18(14(19)13-10-9-12-20-13)17-21-15(2,3)16(4,5)22-17/h13H,6-12H2,1-5H3/t13-/m1/s1. The zero-order valence-corrected chi connectivity index (χ0v) is 14.7. The highest BCUT2D eigenvalue weighted by atomic mass is 16.7. The van der Waals surface area contributed by atoms with Crippen molar-refractivity contribution < 1.29 is 18.8 Å². The molecule has 2 saturated heterocycles. The Bertz CT molecular complexity index is 378. The van der Waals surface area contributed by atoms with E-state index in [1.807, 2.05) is 27.7 Å². The van der Waals surface area contributed by atoms with Crippen LogP contribution in [0.5, 0.6) is 0 Å². The lowest BCUT2D eigenvalue weighted by Crippen LogP contribution is -2.50. The van der Waals surface area contributed by atoms with Gasteiger partial charge in [-0.3, -0.25) is 4.79 Å². The number of rotatable bonds is 6. The molecule has 126 valence electrons. The Morgan fingerprint density at radius 3 is 2.32 bits per heavy atom. The van der Waals surface area contributed by atoms with E-state index in [1.54, 1.807) is 4.81 Å². The lowest BCUT2D eigenvalue weighted by molar-refractivity contribution is -0.137. The van der Waals surface area contributed by atoms with Crippen LogP contribution in [0.3, 0.4) is 0 Å². The second-order valence-corrected chi connectivity index (χ2v) is 7.30. The third-order valence-electron chi connectivity index (χ3n) is 4.99. The van der Waals surface area contributed by atoms with Gasteiger partial charge in [0.2, 0.25) is 5.91 Å². The molecule has 2 aliphatic rings. The van der Waals surface area contributed by atoms with Crippen molar-refractivity contribution in [3.63, 3.8) is 0 Å². The van der Waals surface area contributed by atoms with E-state index in [4.69, 9.17) is 14.0 Å². The van der Waals surface area contributed by atoms with Gasteiger partial charge in [-0.15, -0.1) is 0 Å². The maximum absolute atomic E-state index is 12.8. The van der Waals surface area contributed by atoms with Gasteiger partial charge in [-0.2, -0.15) is 0 Å². The van der Waals surface area contributed by atoms with Crippen molar-refractivity contribution in [2.75, 3.05) is 13.2 Å². The Hall–Kier alpha value is -0.585. The fourth-order valence-electron chi connectivity index (χ4n) is 2.75. The predicted octanol–water partition coefficient (Wildman–Crippen LogP) is 2.77. The summed E-state index contributed by atoms with van der Waals surface area (Å²) < 4.78 is 17.7. The van der Waals surface area contributed by atoms with E-state index in [2.05, 4.69) is 6.92 Å². The summed E-state index contributed by atoms with van der Waals surface area (Å²) in [4.78, 5) is 14.5. The number of hydrogen-bond acceptors (Lipinski definition) is 4. The van der Waals surface area contributed by atoms with Gasteiger partial charge in [0.15, 0.2) is 0 Å². The van der Waals surface area contributed by atoms with Crippen molar-refractivity contribution in [2.45, 2.75) is 84.0 Å². The van der Waals surface area contributed by atoms with Crippen LogP contribution in [0.25, 0.3) is 0 Å². The number of unbranched alkanes of at least 4 members (excludes halogenated alkanes) is 2. The van der Waals surface area contributed by atoms with Crippen LogP contribution >= 0.6 is 0 Å². The minimum absolute atomic E-state index is 0.00658. The first kappa shape index (κ1) is 17.8. The summed E-state index contributed by atoms with van der Waals surface area (Å²) in [6.07, 6.45) is 4.57. The van der Waals surface area contributed by atoms with E-state index in [-0.39, 0.29) is 12.0 Å².